The number of hydrogen-bond donors (Lipinski definition) is 0. The summed E-state index contributed by atoms with van der Waals surface area (Å²) in [5.41, 5.74) is 1.98. The molecule has 3 aromatic rings. The minimum Gasteiger partial charge on any atom is -0.339 e. The Bertz CT molecular complexity index is 1260. The number of halogens is 1. The molecular formula is C28H30ClN3O3S. The molecule has 1 saturated heterocycles. The van der Waals surface area contributed by atoms with E-state index in [-0.39, 0.29) is 23.9 Å². The molecule has 3 aromatic carbocycles. The van der Waals surface area contributed by atoms with Crippen LogP contribution in [0.25, 0.3) is 6.08 Å². The molecule has 0 radical (unpaired) electrons. The van der Waals surface area contributed by atoms with E-state index in [1.54, 1.807) is 17.0 Å². The summed E-state index contributed by atoms with van der Waals surface area (Å²) in [6, 6.07) is 25.5. The number of nitrogens with zero attached hydrogens (tertiary/aromatic N) is 3. The van der Waals surface area contributed by atoms with Crippen molar-refractivity contribution in [1.29, 1.82) is 0 Å². The molecule has 0 saturated carbocycles. The fourth-order valence-corrected chi connectivity index (χ4v) is 5.60. The smallest absolute Gasteiger partial charge is 0.243 e. The summed E-state index contributed by atoms with van der Waals surface area (Å²) in [5, 5.41) is 0.455. The fraction of sp³-hybridized carbons (Fsp3) is 0.250. The molecule has 4 rings (SSSR count). The van der Waals surface area contributed by atoms with E-state index in [1.165, 1.54) is 16.4 Å². The van der Waals surface area contributed by atoms with Crippen LogP contribution in [0.2, 0.25) is 5.02 Å². The lowest BCUT2D eigenvalue weighted by Crippen LogP contribution is -2.51. The molecular weight excluding hydrogens is 494 g/mol. The Kier molecular flexibility index (Phi) is 8.93. The molecule has 1 fully saturated rings. The van der Waals surface area contributed by atoms with Crippen molar-refractivity contribution in [3.63, 3.8) is 0 Å². The molecule has 0 bridgehead atoms. The van der Waals surface area contributed by atoms with Crippen LogP contribution in [0.3, 0.4) is 0 Å². The first-order valence-electron chi connectivity index (χ1n) is 11.9. The van der Waals surface area contributed by atoms with Crippen molar-refractivity contribution in [3.05, 3.63) is 107 Å². The SMILES string of the molecule is O=C(CN(Cc1ccccc1)S(=O)(=O)c1ccc(Cl)cc1)N1CCN(C/C=C/c2ccccc2)CC1. The van der Waals surface area contributed by atoms with E-state index in [9.17, 15) is 13.2 Å². The van der Waals surface area contributed by atoms with Gasteiger partial charge in [-0.2, -0.15) is 4.31 Å². The van der Waals surface area contributed by atoms with Crippen molar-refractivity contribution in [2.75, 3.05) is 39.3 Å². The van der Waals surface area contributed by atoms with Gasteiger partial charge in [-0.15, -0.1) is 0 Å². The van der Waals surface area contributed by atoms with Crippen LogP contribution in [-0.4, -0.2) is 67.7 Å². The van der Waals surface area contributed by atoms with Gasteiger partial charge in [-0.05, 0) is 35.4 Å². The van der Waals surface area contributed by atoms with Crippen molar-refractivity contribution in [1.82, 2.24) is 14.1 Å². The van der Waals surface area contributed by atoms with Gasteiger partial charge >= 0.3 is 0 Å². The van der Waals surface area contributed by atoms with Crippen LogP contribution in [0.15, 0.2) is 95.9 Å². The molecule has 0 aromatic heterocycles. The molecule has 1 aliphatic heterocycles. The van der Waals surface area contributed by atoms with Crippen molar-refractivity contribution in [2.45, 2.75) is 11.4 Å². The average molecular weight is 524 g/mol. The summed E-state index contributed by atoms with van der Waals surface area (Å²) in [7, 11) is -3.89. The highest BCUT2D eigenvalue weighted by Gasteiger charge is 2.30. The third-order valence-electron chi connectivity index (χ3n) is 6.16. The summed E-state index contributed by atoms with van der Waals surface area (Å²) >= 11 is 5.95. The quantitative estimate of drug-likeness (QED) is 0.417. The Hall–Kier alpha value is -2.97. The number of rotatable bonds is 9. The van der Waals surface area contributed by atoms with E-state index < -0.39 is 10.0 Å². The zero-order valence-electron chi connectivity index (χ0n) is 20.0. The largest absolute Gasteiger partial charge is 0.339 e. The summed E-state index contributed by atoms with van der Waals surface area (Å²) in [6.45, 7) is 3.33. The van der Waals surface area contributed by atoms with E-state index in [0.29, 0.717) is 18.1 Å². The zero-order chi connectivity index (χ0) is 25.4. The molecule has 8 heteroatoms. The first kappa shape index (κ1) is 26.1. The standard InChI is InChI=1S/C28H30ClN3O3S/c29-26-13-15-27(16-14-26)36(34,35)32(22-25-10-5-2-6-11-25)23-28(33)31-20-18-30(19-21-31)17-7-12-24-8-3-1-4-9-24/h1-16H,17-23H2/b12-7+. The summed E-state index contributed by atoms with van der Waals surface area (Å²) < 4.78 is 28.2. The molecule has 0 N–H and O–H groups in total. The Morgan fingerprint density at radius 3 is 2.11 bits per heavy atom. The van der Waals surface area contributed by atoms with E-state index in [2.05, 4.69) is 29.2 Å². The van der Waals surface area contributed by atoms with Gasteiger partial charge in [-0.1, -0.05) is 84.4 Å². The molecule has 1 heterocycles. The van der Waals surface area contributed by atoms with Crippen molar-refractivity contribution < 1.29 is 13.2 Å². The number of carbonyl (C=O) groups excluding carboxylic acids is 1. The third-order valence-corrected chi connectivity index (χ3v) is 8.22. The van der Waals surface area contributed by atoms with Gasteiger partial charge in [-0.25, -0.2) is 8.42 Å². The van der Waals surface area contributed by atoms with Gasteiger partial charge in [0.2, 0.25) is 15.9 Å². The van der Waals surface area contributed by atoms with Gasteiger partial charge in [0.15, 0.2) is 0 Å². The Balaban J connectivity index is 1.39. The van der Waals surface area contributed by atoms with Crippen LogP contribution in [0, 0.1) is 0 Å². The highest BCUT2D eigenvalue weighted by molar-refractivity contribution is 7.89. The fourth-order valence-electron chi connectivity index (χ4n) is 4.10. The Labute approximate surface area is 218 Å². The lowest BCUT2D eigenvalue weighted by molar-refractivity contribution is -0.133. The van der Waals surface area contributed by atoms with Gasteiger partial charge in [0.1, 0.15) is 0 Å². The minimum atomic E-state index is -3.89. The Morgan fingerprint density at radius 2 is 1.47 bits per heavy atom. The molecule has 0 spiro atoms. The normalized spacial score (nSPS) is 15.0. The first-order valence-corrected chi connectivity index (χ1v) is 13.7. The Morgan fingerprint density at radius 1 is 0.861 bits per heavy atom. The molecule has 6 nitrogen and oxygen atoms in total. The number of benzene rings is 3. The monoisotopic (exact) mass is 523 g/mol. The lowest BCUT2D eigenvalue weighted by Gasteiger charge is -2.35. The molecule has 36 heavy (non-hydrogen) atoms. The highest BCUT2D eigenvalue weighted by Crippen LogP contribution is 2.21. The first-order chi connectivity index (χ1) is 17.4. The van der Waals surface area contributed by atoms with Crippen LogP contribution in [-0.2, 0) is 21.4 Å². The molecule has 1 amide bonds. The molecule has 0 unspecified atom stereocenters. The van der Waals surface area contributed by atoms with Crippen LogP contribution in [0.4, 0.5) is 0 Å². The third kappa shape index (κ3) is 7.04. The number of sulfonamides is 1. The average Bonchev–Trinajstić information content (AvgIpc) is 2.90. The van der Waals surface area contributed by atoms with Crippen LogP contribution in [0.1, 0.15) is 11.1 Å². The predicted molar refractivity (Wildman–Crippen MR) is 144 cm³/mol. The zero-order valence-corrected chi connectivity index (χ0v) is 21.6. The van der Waals surface area contributed by atoms with Crippen molar-refractivity contribution in [3.8, 4) is 0 Å². The van der Waals surface area contributed by atoms with Crippen LogP contribution in [0.5, 0.6) is 0 Å². The summed E-state index contributed by atoms with van der Waals surface area (Å²) in [4.78, 5) is 17.4. The van der Waals surface area contributed by atoms with Crippen molar-refractivity contribution >= 4 is 33.6 Å². The summed E-state index contributed by atoms with van der Waals surface area (Å²) in [5.74, 6) is -0.192. The van der Waals surface area contributed by atoms with E-state index in [0.717, 1.165) is 30.8 Å². The van der Waals surface area contributed by atoms with Gasteiger partial charge in [-0.3, -0.25) is 9.69 Å². The van der Waals surface area contributed by atoms with Crippen LogP contribution >= 0.6 is 11.6 Å². The van der Waals surface area contributed by atoms with E-state index >= 15 is 0 Å². The van der Waals surface area contributed by atoms with Gasteiger partial charge in [0.05, 0.1) is 11.4 Å². The maximum atomic E-state index is 13.4. The second kappa shape index (κ2) is 12.3. The maximum absolute atomic E-state index is 13.4. The number of hydrogen-bond acceptors (Lipinski definition) is 4. The second-order valence-corrected chi connectivity index (χ2v) is 11.1. The highest BCUT2D eigenvalue weighted by atomic mass is 35.5. The number of amides is 1. The van der Waals surface area contributed by atoms with Crippen molar-refractivity contribution in [2.24, 2.45) is 0 Å². The van der Waals surface area contributed by atoms with Crippen LogP contribution < -0.4 is 0 Å². The van der Waals surface area contributed by atoms with E-state index in [1.807, 2.05) is 48.5 Å². The number of carbonyl (C=O) groups is 1. The summed E-state index contributed by atoms with van der Waals surface area (Å²) in [6.07, 6.45) is 4.23. The molecule has 0 aliphatic carbocycles. The minimum absolute atomic E-state index is 0.113. The molecule has 0 atom stereocenters. The topological polar surface area (TPSA) is 60.9 Å². The van der Waals surface area contributed by atoms with Gasteiger partial charge < -0.3 is 4.90 Å². The maximum Gasteiger partial charge on any atom is 0.243 e. The lowest BCUT2D eigenvalue weighted by atomic mass is 10.2. The molecule has 1 aliphatic rings. The van der Waals surface area contributed by atoms with Gasteiger partial charge in [0.25, 0.3) is 0 Å². The van der Waals surface area contributed by atoms with E-state index in [4.69, 9.17) is 11.6 Å². The van der Waals surface area contributed by atoms with Gasteiger partial charge in [0, 0.05) is 44.3 Å². The molecule has 188 valence electrons. The predicted octanol–water partition coefficient (Wildman–Crippen LogP) is 4.39. The second-order valence-electron chi connectivity index (χ2n) is 8.71. The number of piperazine rings is 1.